The van der Waals surface area contributed by atoms with E-state index in [4.69, 9.17) is 9.98 Å². The molecular weight excluding hydrogens is 508 g/mol. The third-order valence-corrected chi connectivity index (χ3v) is 8.11. The number of thiazole rings is 1. The van der Waals surface area contributed by atoms with Crippen LogP contribution in [0.5, 0.6) is 5.75 Å². The fourth-order valence-electron chi connectivity index (χ4n) is 4.94. The van der Waals surface area contributed by atoms with Crippen LogP contribution in [0.4, 0.5) is 5.69 Å². The SMILES string of the molecule is CCCCc1cc(-c2ccccc2)c2nc(-c3ccccc3/N=C/c3cc(-c4ccccc4)ccc3O)sc2c1. The zero-order valence-electron chi connectivity index (χ0n) is 22.4. The van der Waals surface area contributed by atoms with Crippen molar-refractivity contribution >= 4 is 33.5 Å². The fourth-order valence-corrected chi connectivity index (χ4v) is 6.03. The molecule has 0 unspecified atom stereocenters. The molecule has 1 aromatic heterocycles. The zero-order valence-corrected chi connectivity index (χ0v) is 23.2. The van der Waals surface area contributed by atoms with Crippen molar-refractivity contribution in [2.75, 3.05) is 0 Å². The maximum atomic E-state index is 10.6. The van der Waals surface area contributed by atoms with Gasteiger partial charge in [-0.3, -0.25) is 4.99 Å². The van der Waals surface area contributed by atoms with Gasteiger partial charge in [-0.05, 0) is 71.5 Å². The Hall–Kier alpha value is -4.54. The van der Waals surface area contributed by atoms with Crippen LogP contribution >= 0.6 is 11.3 Å². The number of nitrogens with zero attached hydrogens (tertiary/aromatic N) is 2. The summed E-state index contributed by atoms with van der Waals surface area (Å²) in [4.78, 5) is 10.0. The Morgan fingerprint density at radius 1 is 0.750 bits per heavy atom. The Morgan fingerprint density at radius 2 is 1.48 bits per heavy atom. The highest BCUT2D eigenvalue weighted by Gasteiger charge is 2.15. The van der Waals surface area contributed by atoms with Gasteiger partial charge in [-0.25, -0.2) is 4.98 Å². The highest BCUT2D eigenvalue weighted by molar-refractivity contribution is 7.21. The summed E-state index contributed by atoms with van der Waals surface area (Å²) in [6.45, 7) is 2.23. The van der Waals surface area contributed by atoms with Gasteiger partial charge in [0.25, 0.3) is 0 Å². The van der Waals surface area contributed by atoms with E-state index in [0.29, 0.717) is 5.56 Å². The van der Waals surface area contributed by atoms with Crippen LogP contribution in [0.15, 0.2) is 120 Å². The molecule has 0 atom stereocenters. The standard InChI is InChI=1S/C36H30N2OS/c1-2-3-12-25-21-31(27-15-8-5-9-16-27)35-34(22-25)40-36(38-35)30-17-10-11-18-32(30)37-24-29-23-28(19-20-33(29)39)26-13-6-4-7-14-26/h4-11,13-24,39H,2-3,12H2,1H3/b37-24+. The predicted octanol–water partition coefficient (Wildman–Crippen LogP) is 10.1. The second-order valence-corrected chi connectivity index (χ2v) is 10.9. The van der Waals surface area contributed by atoms with E-state index in [2.05, 4.69) is 67.6 Å². The van der Waals surface area contributed by atoms with Crippen molar-refractivity contribution in [3.05, 3.63) is 126 Å². The lowest BCUT2D eigenvalue weighted by atomic mass is 9.99. The number of aromatic hydroxyl groups is 1. The number of phenolic OH excluding ortho intramolecular Hbond substituents is 1. The molecule has 0 saturated heterocycles. The number of phenols is 1. The van der Waals surface area contributed by atoms with E-state index in [1.54, 1.807) is 23.6 Å². The summed E-state index contributed by atoms with van der Waals surface area (Å²) in [5.74, 6) is 0.202. The molecule has 6 rings (SSSR count). The molecule has 196 valence electrons. The number of aryl methyl sites for hydroxylation is 1. The first-order chi connectivity index (χ1) is 19.7. The maximum Gasteiger partial charge on any atom is 0.126 e. The van der Waals surface area contributed by atoms with Crippen molar-refractivity contribution in [3.8, 4) is 38.6 Å². The zero-order chi connectivity index (χ0) is 27.3. The minimum Gasteiger partial charge on any atom is -0.507 e. The number of unbranched alkanes of at least 4 members (excludes halogenated alkanes) is 1. The Labute approximate surface area is 239 Å². The smallest absolute Gasteiger partial charge is 0.126 e. The van der Waals surface area contributed by atoms with E-state index in [-0.39, 0.29) is 5.75 Å². The molecule has 3 nitrogen and oxygen atoms in total. The molecule has 0 amide bonds. The summed E-state index contributed by atoms with van der Waals surface area (Å²) < 4.78 is 1.19. The van der Waals surface area contributed by atoms with Crippen LogP contribution in [0.2, 0.25) is 0 Å². The Balaban J connectivity index is 1.40. The number of aromatic nitrogens is 1. The van der Waals surface area contributed by atoms with Crippen LogP contribution in [0.25, 0.3) is 43.0 Å². The molecule has 0 bridgehead atoms. The van der Waals surface area contributed by atoms with Crippen molar-refractivity contribution in [2.24, 2.45) is 4.99 Å². The molecule has 5 aromatic carbocycles. The van der Waals surface area contributed by atoms with Gasteiger partial charge >= 0.3 is 0 Å². The molecule has 40 heavy (non-hydrogen) atoms. The molecule has 0 radical (unpaired) electrons. The molecule has 0 fully saturated rings. The number of para-hydroxylation sites is 1. The largest absolute Gasteiger partial charge is 0.507 e. The van der Waals surface area contributed by atoms with E-state index >= 15 is 0 Å². The van der Waals surface area contributed by atoms with Gasteiger partial charge in [0, 0.05) is 22.9 Å². The first-order valence-corrected chi connectivity index (χ1v) is 14.5. The summed E-state index contributed by atoms with van der Waals surface area (Å²) in [5, 5.41) is 11.5. The van der Waals surface area contributed by atoms with Gasteiger partial charge in [0.05, 0.1) is 15.9 Å². The summed E-state index contributed by atoms with van der Waals surface area (Å²) >= 11 is 1.71. The molecule has 0 aliphatic heterocycles. The molecular formula is C36H30N2OS. The fraction of sp³-hybridized carbons (Fsp3) is 0.111. The number of fused-ring (bicyclic) bond motifs is 1. The summed E-state index contributed by atoms with van der Waals surface area (Å²) in [7, 11) is 0. The lowest BCUT2D eigenvalue weighted by Crippen LogP contribution is -1.88. The Kier molecular flexibility index (Phi) is 7.51. The van der Waals surface area contributed by atoms with Crippen LogP contribution in [-0.2, 0) is 6.42 Å². The topological polar surface area (TPSA) is 45.5 Å². The average Bonchev–Trinajstić information content (AvgIpc) is 3.44. The van der Waals surface area contributed by atoms with Crippen molar-refractivity contribution in [3.63, 3.8) is 0 Å². The van der Waals surface area contributed by atoms with Gasteiger partial charge in [0.2, 0.25) is 0 Å². The van der Waals surface area contributed by atoms with E-state index < -0.39 is 0 Å². The first kappa shape index (κ1) is 25.7. The van der Waals surface area contributed by atoms with Gasteiger partial charge in [-0.1, -0.05) is 92.2 Å². The average molecular weight is 539 g/mol. The van der Waals surface area contributed by atoms with Crippen LogP contribution in [0.1, 0.15) is 30.9 Å². The minimum atomic E-state index is 0.202. The van der Waals surface area contributed by atoms with E-state index in [9.17, 15) is 5.11 Å². The van der Waals surface area contributed by atoms with Gasteiger partial charge in [-0.2, -0.15) is 0 Å². The van der Waals surface area contributed by atoms with Crippen LogP contribution in [-0.4, -0.2) is 16.3 Å². The number of benzene rings is 5. The van der Waals surface area contributed by atoms with Crippen molar-refractivity contribution < 1.29 is 5.11 Å². The third-order valence-electron chi connectivity index (χ3n) is 7.07. The van der Waals surface area contributed by atoms with E-state index in [1.165, 1.54) is 34.2 Å². The molecule has 1 heterocycles. The number of rotatable bonds is 8. The molecule has 0 spiro atoms. The molecule has 0 saturated carbocycles. The molecule has 0 aliphatic carbocycles. The molecule has 1 N–H and O–H groups in total. The Bertz CT molecular complexity index is 1790. The van der Waals surface area contributed by atoms with Gasteiger partial charge in [0.1, 0.15) is 10.8 Å². The monoisotopic (exact) mass is 538 g/mol. The number of aliphatic imine (C=N–C) groups is 1. The van der Waals surface area contributed by atoms with E-state index in [1.807, 2.05) is 48.5 Å². The third kappa shape index (κ3) is 5.45. The summed E-state index contributed by atoms with van der Waals surface area (Å²) in [6.07, 6.45) is 5.14. The first-order valence-electron chi connectivity index (χ1n) is 13.7. The van der Waals surface area contributed by atoms with Gasteiger partial charge in [-0.15, -0.1) is 11.3 Å². The number of hydrogen-bond donors (Lipinski definition) is 1. The quantitative estimate of drug-likeness (QED) is 0.196. The number of hydrogen-bond acceptors (Lipinski definition) is 4. The van der Waals surface area contributed by atoms with Crippen molar-refractivity contribution in [1.82, 2.24) is 4.98 Å². The van der Waals surface area contributed by atoms with E-state index in [0.717, 1.165) is 39.3 Å². The van der Waals surface area contributed by atoms with Crippen LogP contribution < -0.4 is 0 Å². The second-order valence-electron chi connectivity index (χ2n) is 9.89. The van der Waals surface area contributed by atoms with Crippen molar-refractivity contribution in [1.29, 1.82) is 0 Å². The van der Waals surface area contributed by atoms with Gasteiger partial charge in [0.15, 0.2) is 0 Å². The highest BCUT2D eigenvalue weighted by Crippen LogP contribution is 2.40. The molecule has 0 aliphatic rings. The molecule has 6 aromatic rings. The van der Waals surface area contributed by atoms with Crippen LogP contribution in [0.3, 0.4) is 0 Å². The van der Waals surface area contributed by atoms with Crippen molar-refractivity contribution in [2.45, 2.75) is 26.2 Å². The summed E-state index contributed by atoms with van der Waals surface area (Å²) in [5.41, 5.74) is 9.34. The van der Waals surface area contributed by atoms with Crippen LogP contribution in [0, 0.1) is 0 Å². The normalized spacial score (nSPS) is 11.4. The predicted molar refractivity (Wildman–Crippen MR) is 170 cm³/mol. The minimum absolute atomic E-state index is 0.202. The lowest BCUT2D eigenvalue weighted by Gasteiger charge is -2.07. The maximum absolute atomic E-state index is 10.6. The highest BCUT2D eigenvalue weighted by atomic mass is 32.1. The molecule has 4 heteroatoms. The Morgan fingerprint density at radius 3 is 2.25 bits per heavy atom. The second kappa shape index (κ2) is 11.7. The lowest BCUT2D eigenvalue weighted by molar-refractivity contribution is 0.474. The summed E-state index contributed by atoms with van der Waals surface area (Å²) in [6, 6.07) is 39.0. The van der Waals surface area contributed by atoms with Gasteiger partial charge < -0.3 is 5.11 Å².